The van der Waals surface area contributed by atoms with Gasteiger partial charge in [-0.25, -0.2) is 0 Å². The Kier molecular flexibility index (Phi) is 5.75. The molecule has 26 heavy (non-hydrogen) atoms. The number of rotatable bonds is 5. The minimum absolute atomic E-state index is 0.275. The van der Waals surface area contributed by atoms with Gasteiger partial charge < -0.3 is 10.6 Å². The van der Waals surface area contributed by atoms with Gasteiger partial charge in [-0.05, 0) is 41.4 Å². The van der Waals surface area contributed by atoms with Gasteiger partial charge in [-0.15, -0.1) is 0 Å². The third kappa shape index (κ3) is 4.33. The summed E-state index contributed by atoms with van der Waals surface area (Å²) in [5.74, 6) is -0.572. The molecule has 0 atom stereocenters. The Morgan fingerprint density at radius 2 is 2.04 bits per heavy atom. The minimum Gasteiger partial charge on any atom is -0.347 e. The molecule has 0 aliphatic carbocycles. The summed E-state index contributed by atoms with van der Waals surface area (Å²) < 4.78 is 5.27. The third-order valence-electron chi connectivity index (χ3n) is 3.45. The van der Waals surface area contributed by atoms with E-state index in [-0.39, 0.29) is 11.8 Å². The summed E-state index contributed by atoms with van der Waals surface area (Å²) in [6.45, 7) is 1.76. The molecule has 3 rings (SSSR count). The van der Waals surface area contributed by atoms with Crippen molar-refractivity contribution >= 4 is 45.0 Å². The molecule has 0 saturated heterocycles. The number of amides is 2. The number of nitrogens with one attached hydrogen (secondary N) is 2. The average molecular weight is 431 g/mol. The van der Waals surface area contributed by atoms with E-state index in [0.717, 1.165) is 21.6 Å². The highest BCUT2D eigenvalue weighted by Crippen LogP contribution is 2.32. The fourth-order valence-corrected chi connectivity index (χ4v) is 3.53. The lowest BCUT2D eigenvalue weighted by atomic mass is 10.2. The van der Waals surface area contributed by atoms with Crippen LogP contribution in [0.25, 0.3) is 11.4 Å². The van der Waals surface area contributed by atoms with Crippen molar-refractivity contribution in [2.75, 3.05) is 5.32 Å². The van der Waals surface area contributed by atoms with Gasteiger partial charge >= 0.3 is 0 Å². The van der Waals surface area contributed by atoms with Crippen molar-refractivity contribution in [3.05, 3.63) is 63.6 Å². The molecule has 0 spiro atoms. The number of anilines is 1. The van der Waals surface area contributed by atoms with E-state index in [0.29, 0.717) is 28.5 Å². The molecular weight excluding hydrogens is 416 g/mol. The molecule has 3 aromatic rings. The Bertz CT molecular complexity index is 943. The van der Waals surface area contributed by atoms with Crippen molar-refractivity contribution in [3.63, 3.8) is 0 Å². The van der Waals surface area contributed by atoms with Crippen LogP contribution in [0.5, 0.6) is 0 Å². The van der Waals surface area contributed by atoms with Gasteiger partial charge in [-0.2, -0.15) is 4.37 Å². The van der Waals surface area contributed by atoms with Crippen LogP contribution in [0.1, 0.15) is 22.2 Å². The quantitative estimate of drug-likeness (QED) is 0.643. The van der Waals surface area contributed by atoms with E-state index in [2.05, 4.69) is 35.9 Å². The van der Waals surface area contributed by atoms with Gasteiger partial charge in [0.2, 0.25) is 5.91 Å². The smallest absolute Gasteiger partial charge is 0.265 e. The van der Waals surface area contributed by atoms with Crippen molar-refractivity contribution in [1.29, 1.82) is 0 Å². The van der Waals surface area contributed by atoms with E-state index < -0.39 is 0 Å². The van der Waals surface area contributed by atoms with Gasteiger partial charge in [-0.3, -0.25) is 14.6 Å². The second-order valence-electron chi connectivity index (χ2n) is 5.44. The summed E-state index contributed by atoms with van der Waals surface area (Å²) >= 11 is 4.44. The van der Waals surface area contributed by atoms with Crippen LogP contribution in [-0.4, -0.2) is 21.2 Å². The molecule has 2 amide bonds. The first kappa shape index (κ1) is 18.2. The molecule has 0 saturated carbocycles. The molecule has 0 unspecified atom stereocenters. The fraction of sp³-hybridized carbons (Fsp3) is 0.111. The van der Waals surface area contributed by atoms with Crippen LogP contribution >= 0.6 is 27.5 Å². The molecule has 0 radical (unpaired) electrons. The molecule has 0 aliphatic heterocycles. The van der Waals surface area contributed by atoms with Crippen LogP contribution in [0.3, 0.4) is 0 Å². The molecule has 2 aromatic heterocycles. The van der Waals surface area contributed by atoms with Crippen molar-refractivity contribution in [3.8, 4) is 11.4 Å². The Labute approximate surface area is 163 Å². The van der Waals surface area contributed by atoms with E-state index in [9.17, 15) is 9.59 Å². The maximum Gasteiger partial charge on any atom is 0.265 e. The summed E-state index contributed by atoms with van der Waals surface area (Å²) in [5, 5.41) is 5.57. The van der Waals surface area contributed by atoms with E-state index >= 15 is 0 Å². The van der Waals surface area contributed by atoms with Gasteiger partial charge in [-0.1, -0.05) is 34.1 Å². The Morgan fingerprint density at radius 1 is 1.19 bits per heavy atom. The van der Waals surface area contributed by atoms with E-state index in [1.807, 2.05) is 30.3 Å². The van der Waals surface area contributed by atoms with Gasteiger partial charge in [0.1, 0.15) is 10.6 Å². The highest BCUT2D eigenvalue weighted by Gasteiger charge is 2.22. The van der Waals surface area contributed by atoms with Crippen LogP contribution in [0, 0.1) is 0 Å². The van der Waals surface area contributed by atoms with Crippen molar-refractivity contribution in [2.24, 2.45) is 0 Å². The van der Waals surface area contributed by atoms with E-state index in [1.165, 1.54) is 6.92 Å². The topological polar surface area (TPSA) is 84.0 Å². The average Bonchev–Trinajstić information content (AvgIpc) is 3.03. The van der Waals surface area contributed by atoms with Crippen molar-refractivity contribution in [1.82, 2.24) is 14.7 Å². The first-order valence-corrected chi connectivity index (χ1v) is 9.32. The normalized spacial score (nSPS) is 10.4. The monoisotopic (exact) mass is 430 g/mol. The highest BCUT2D eigenvalue weighted by atomic mass is 79.9. The Balaban J connectivity index is 1.85. The van der Waals surface area contributed by atoms with Crippen LogP contribution in [0.4, 0.5) is 5.69 Å². The number of hydrogen-bond donors (Lipinski definition) is 2. The number of pyridine rings is 1. The summed E-state index contributed by atoms with van der Waals surface area (Å²) in [5.41, 5.74) is 2.42. The van der Waals surface area contributed by atoms with Gasteiger partial charge in [0.15, 0.2) is 0 Å². The van der Waals surface area contributed by atoms with E-state index in [1.54, 1.807) is 18.3 Å². The summed E-state index contributed by atoms with van der Waals surface area (Å²) in [4.78, 5) is 28.8. The number of halogens is 1. The maximum atomic E-state index is 12.6. The standard InChI is InChI=1S/C18H15BrN4O2S/c1-11(24)22-16-15(14-7-2-3-8-20-14)23-26-17(16)18(25)21-10-12-5-4-6-13(19)9-12/h2-9H,10H2,1H3,(H,21,25)(H,22,24). The van der Waals surface area contributed by atoms with Crippen molar-refractivity contribution < 1.29 is 9.59 Å². The van der Waals surface area contributed by atoms with Crippen molar-refractivity contribution in [2.45, 2.75) is 13.5 Å². The first-order chi connectivity index (χ1) is 12.5. The van der Waals surface area contributed by atoms with Crippen LogP contribution in [-0.2, 0) is 11.3 Å². The third-order valence-corrected chi connectivity index (χ3v) is 4.79. The SMILES string of the molecule is CC(=O)Nc1c(-c2ccccn2)nsc1C(=O)NCc1cccc(Br)c1. The number of nitrogens with zero attached hydrogens (tertiary/aromatic N) is 2. The Hall–Kier alpha value is -2.58. The van der Waals surface area contributed by atoms with Crippen LogP contribution in [0.15, 0.2) is 53.1 Å². The summed E-state index contributed by atoms with van der Waals surface area (Å²) in [6.07, 6.45) is 1.64. The molecule has 0 aliphatic rings. The van der Waals surface area contributed by atoms with E-state index in [4.69, 9.17) is 0 Å². The zero-order valence-electron chi connectivity index (χ0n) is 13.8. The van der Waals surface area contributed by atoms with Crippen LogP contribution in [0.2, 0.25) is 0 Å². The molecule has 0 fully saturated rings. The largest absolute Gasteiger partial charge is 0.347 e. The molecule has 2 heterocycles. The predicted octanol–water partition coefficient (Wildman–Crippen LogP) is 3.86. The predicted molar refractivity (Wildman–Crippen MR) is 105 cm³/mol. The minimum atomic E-state index is -0.298. The number of aromatic nitrogens is 2. The lowest BCUT2D eigenvalue weighted by Gasteiger charge is -2.08. The first-order valence-electron chi connectivity index (χ1n) is 7.76. The molecule has 1 aromatic carbocycles. The maximum absolute atomic E-state index is 12.6. The molecule has 6 nitrogen and oxygen atoms in total. The van der Waals surface area contributed by atoms with Gasteiger partial charge in [0.05, 0.1) is 11.4 Å². The summed E-state index contributed by atoms with van der Waals surface area (Å²) in [7, 11) is 0. The highest BCUT2D eigenvalue weighted by molar-refractivity contribution is 9.10. The van der Waals surface area contributed by atoms with Gasteiger partial charge in [0.25, 0.3) is 5.91 Å². The summed E-state index contributed by atoms with van der Waals surface area (Å²) in [6, 6.07) is 13.1. The fourth-order valence-electron chi connectivity index (χ4n) is 2.32. The van der Waals surface area contributed by atoms with Crippen LogP contribution < -0.4 is 10.6 Å². The zero-order valence-corrected chi connectivity index (χ0v) is 16.2. The molecular formula is C18H15BrN4O2S. The second kappa shape index (κ2) is 8.20. The molecule has 2 N–H and O–H groups in total. The lowest BCUT2D eigenvalue weighted by Crippen LogP contribution is -2.23. The molecule has 132 valence electrons. The number of carbonyl (C=O) groups is 2. The number of hydrogen-bond acceptors (Lipinski definition) is 5. The second-order valence-corrected chi connectivity index (χ2v) is 7.13. The Morgan fingerprint density at radius 3 is 2.73 bits per heavy atom. The van der Waals surface area contributed by atoms with Gasteiger partial charge in [0, 0.05) is 24.1 Å². The molecule has 0 bridgehead atoms. The zero-order chi connectivity index (χ0) is 18.5. The lowest BCUT2D eigenvalue weighted by molar-refractivity contribution is -0.114. The molecule has 8 heteroatoms. The number of carbonyl (C=O) groups excluding carboxylic acids is 2. The number of benzene rings is 1.